The Morgan fingerprint density at radius 2 is 1.74 bits per heavy atom. The van der Waals surface area contributed by atoms with Gasteiger partial charge in [0.2, 0.25) is 11.8 Å². The molecule has 2 aromatic carbocycles. The van der Waals surface area contributed by atoms with E-state index in [2.05, 4.69) is 29.4 Å². The molecule has 6 nitrogen and oxygen atoms in total. The van der Waals surface area contributed by atoms with Gasteiger partial charge in [0.25, 0.3) is 0 Å². The number of benzene rings is 2. The Labute approximate surface area is 183 Å². The van der Waals surface area contributed by atoms with E-state index in [1.54, 1.807) is 7.11 Å². The van der Waals surface area contributed by atoms with Crippen LogP contribution >= 0.6 is 0 Å². The summed E-state index contributed by atoms with van der Waals surface area (Å²) in [5, 5.41) is 5.85. The van der Waals surface area contributed by atoms with Crippen molar-refractivity contribution in [2.75, 3.05) is 26.7 Å². The SMILES string of the molecule is COc1ccc(C2=NN(CC(=O)N3CCC(Cc4ccccc4)CC3)C(=O)CC2)cc1. The van der Waals surface area contributed by atoms with Crippen LogP contribution in [-0.2, 0) is 16.0 Å². The number of ether oxygens (including phenoxy) is 1. The Hall–Kier alpha value is -3.15. The quantitative estimate of drug-likeness (QED) is 0.720. The summed E-state index contributed by atoms with van der Waals surface area (Å²) >= 11 is 0. The van der Waals surface area contributed by atoms with E-state index in [1.165, 1.54) is 10.6 Å². The van der Waals surface area contributed by atoms with Crippen molar-refractivity contribution in [3.63, 3.8) is 0 Å². The molecule has 162 valence electrons. The van der Waals surface area contributed by atoms with Crippen LogP contribution in [0, 0.1) is 5.92 Å². The maximum atomic E-state index is 12.8. The molecule has 0 aliphatic carbocycles. The summed E-state index contributed by atoms with van der Waals surface area (Å²) < 4.78 is 5.20. The average molecular weight is 420 g/mol. The van der Waals surface area contributed by atoms with Crippen LogP contribution in [0.25, 0.3) is 0 Å². The molecule has 0 saturated carbocycles. The van der Waals surface area contributed by atoms with Gasteiger partial charge in [0.05, 0.1) is 12.8 Å². The summed E-state index contributed by atoms with van der Waals surface area (Å²) in [5.41, 5.74) is 3.13. The third-order valence-corrected chi connectivity index (χ3v) is 6.15. The Bertz CT molecular complexity index is 932. The molecule has 2 aliphatic heterocycles. The van der Waals surface area contributed by atoms with Crippen molar-refractivity contribution in [3.8, 4) is 5.75 Å². The molecule has 6 heteroatoms. The monoisotopic (exact) mass is 419 g/mol. The number of amides is 2. The maximum absolute atomic E-state index is 12.8. The van der Waals surface area contributed by atoms with Crippen LogP contribution in [0.1, 0.15) is 36.8 Å². The van der Waals surface area contributed by atoms with Crippen molar-refractivity contribution < 1.29 is 14.3 Å². The minimum absolute atomic E-state index is 0.0157. The van der Waals surface area contributed by atoms with E-state index in [9.17, 15) is 9.59 Å². The van der Waals surface area contributed by atoms with Gasteiger partial charge in [-0.15, -0.1) is 0 Å². The van der Waals surface area contributed by atoms with Crippen LogP contribution in [0.2, 0.25) is 0 Å². The molecule has 0 atom stereocenters. The molecule has 4 rings (SSSR count). The highest BCUT2D eigenvalue weighted by Gasteiger charge is 2.28. The fraction of sp³-hybridized carbons (Fsp3) is 0.400. The average Bonchev–Trinajstić information content (AvgIpc) is 2.82. The Morgan fingerprint density at radius 3 is 2.42 bits per heavy atom. The van der Waals surface area contributed by atoms with Crippen LogP contribution in [-0.4, -0.2) is 54.2 Å². The van der Waals surface area contributed by atoms with E-state index >= 15 is 0 Å². The van der Waals surface area contributed by atoms with Gasteiger partial charge in [0.1, 0.15) is 12.3 Å². The first-order valence-electron chi connectivity index (χ1n) is 11.0. The molecule has 2 aliphatic rings. The van der Waals surface area contributed by atoms with Crippen molar-refractivity contribution >= 4 is 17.5 Å². The highest BCUT2D eigenvalue weighted by atomic mass is 16.5. The predicted molar refractivity (Wildman–Crippen MR) is 120 cm³/mol. The molecule has 2 heterocycles. The minimum Gasteiger partial charge on any atom is -0.497 e. The van der Waals surface area contributed by atoms with Gasteiger partial charge in [-0.2, -0.15) is 5.10 Å². The molecule has 0 bridgehead atoms. The minimum atomic E-state index is -0.0930. The van der Waals surface area contributed by atoms with Gasteiger partial charge in [0, 0.05) is 25.9 Å². The third kappa shape index (κ3) is 5.32. The largest absolute Gasteiger partial charge is 0.497 e. The Morgan fingerprint density at radius 1 is 1.03 bits per heavy atom. The normalized spacial score (nSPS) is 17.5. The van der Waals surface area contributed by atoms with Gasteiger partial charge in [-0.1, -0.05) is 30.3 Å². The summed E-state index contributed by atoms with van der Waals surface area (Å²) in [6.45, 7) is 1.50. The fourth-order valence-corrected chi connectivity index (χ4v) is 4.28. The molecule has 0 N–H and O–H groups in total. The molecule has 0 radical (unpaired) electrons. The number of hydrazone groups is 1. The molecular weight excluding hydrogens is 390 g/mol. The van der Waals surface area contributed by atoms with Gasteiger partial charge < -0.3 is 9.64 Å². The number of carbonyl (C=O) groups excluding carboxylic acids is 2. The summed E-state index contributed by atoms with van der Waals surface area (Å²) in [6.07, 6.45) is 4.00. The van der Waals surface area contributed by atoms with E-state index in [4.69, 9.17) is 4.74 Å². The summed E-state index contributed by atoms with van der Waals surface area (Å²) in [6, 6.07) is 18.1. The lowest BCUT2D eigenvalue weighted by Gasteiger charge is -2.33. The molecule has 0 spiro atoms. The van der Waals surface area contributed by atoms with Crippen LogP contribution in [0.4, 0.5) is 0 Å². The second-order valence-electron chi connectivity index (χ2n) is 8.24. The maximum Gasteiger partial charge on any atom is 0.244 e. The Kier molecular flexibility index (Phi) is 6.65. The smallest absolute Gasteiger partial charge is 0.244 e. The molecule has 1 fully saturated rings. The first-order valence-corrected chi connectivity index (χ1v) is 11.0. The molecule has 2 aromatic rings. The van der Waals surface area contributed by atoms with Crippen molar-refractivity contribution in [3.05, 3.63) is 65.7 Å². The third-order valence-electron chi connectivity index (χ3n) is 6.15. The van der Waals surface area contributed by atoms with Crippen molar-refractivity contribution in [2.24, 2.45) is 11.0 Å². The lowest BCUT2D eigenvalue weighted by molar-refractivity contribution is -0.141. The summed E-state index contributed by atoms with van der Waals surface area (Å²) in [4.78, 5) is 27.1. The van der Waals surface area contributed by atoms with Crippen molar-refractivity contribution in [1.29, 1.82) is 0 Å². The zero-order valence-corrected chi connectivity index (χ0v) is 18.0. The highest BCUT2D eigenvalue weighted by molar-refractivity contribution is 6.04. The summed E-state index contributed by atoms with van der Waals surface area (Å²) in [7, 11) is 1.63. The number of rotatable bonds is 6. The second-order valence-corrected chi connectivity index (χ2v) is 8.24. The van der Waals surface area contributed by atoms with Crippen LogP contribution in [0.5, 0.6) is 5.75 Å². The first-order chi connectivity index (χ1) is 15.1. The molecule has 1 saturated heterocycles. The van der Waals surface area contributed by atoms with Gasteiger partial charge in [0.15, 0.2) is 0 Å². The number of hydrogen-bond donors (Lipinski definition) is 0. The summed E-state index contributed by atoms with van der Waals surface area (Å²) in [5.74, 6) is 1.26. The topological polar surface area (TPSA) is 62.2 Å². The van der Waals surface area contributed by atoms with Gasteiger partial charge in [-0.05, 0) is 60.6 Å². The number of hydrogen-bond acceptors (Lipinski definition) is 4. The number of likely N-dealkylation sites (tertiary alicyclic amines) is 1. The number of piperidine rings is 1. The van der Waals surface area contributed by atoms with Gasteiger partial charge >= 0.3 is 0 Å². The van der Waals surface area contributed by atoms with Gasteiger partial charge in [-0.3, -0.25) is 9.59 Å². The van der Waals surface area contributed by atoms with Crippen LogP contribution in [0.3, 0.4) is 0 Å². The molecular formula is C25H29N3O3. The molecule has 0 aromatic heterocycles. The zero-order valence-electron chi connectivity index (χ0n) is 18.0. The van der Waals surface area contributed by atoms with E-state index in [-0.39, 0.29) is 18.4 Å². The van der Waals surface area contributed by atoms with E-state index in [1.807, 2.05) is 35.2 Å². The fourth-order valence-electron chi connectivity index (χ4n) is 4.28. The van der Waals surface area contributed by atoms with Crippen LogP contribution in [0.15, 0.2) is 59.7 Å². The number of methoxy groups -OCH3 is 1. The first kappa shape index (κ1) is 21.1. The standard InChI is InChI=1S/C25H29N3O3/c1-31-22-9-7-21(8-10-22)23-11-12-24(29)28(26-23)18-25(30)27-15-13-20(14-16-27)17-19-5-3-2-4-6-19/h2-10,20H,11-18H2,1H3. The number of nitrogens with zero attached hydrogens (tertiary/aromatic N) is 3. The zero-order chi connectivity index (χ0) is 21.6. The predicted octanol–water partition coefficient (Wildman–Crippen LogP) is 3.50. The van der Waals surface area contributed by atoms with E-state index in [0.717, 1.165) is 49.4 Å². The molecule has 2 amide bonds. The molecule has 31 heavy (non-hydrogen) atoms. The highest BCUT2D eigenvalue weighted by Crippen LogP contribution is 2.23. The van der Waals surface area contributed by atoms with E-state index in [0.29, 0.717) is 18.8 Å². The second kappa shape index (κ2) is 9.77. The van der Waals surface area contributed by atoms with Crippen LogP contribution < -0.4 is 4.74 Å². The van der Waals surface area contributed by atoms with Gasteiger partial charge in [-0.25, -0.2) is 5.01 Å². The number of carbonyl (C=O) groups is 2. The Balaban J connectivity index is 1.33. The van der Waals surface area contributed by atoms with E-state index < -0.39 is 0 Å². The van der Waals surface area contributed by atoms with Crippen molar-refractivity contribution in [2.45, 2.75) is 32.1 Å². The molecule has 0 unspecified atom stereocenters. The van der Waals surface area contributed by atoms with Crippen molar-refractivity contribution in [1.82, 2.24) is 9.91 Å². The lowest BCUT2D eigenvalue weighted by atomic mass is 9.90. The lowest BCUT2D eigenvalue weighted by Crippen LogP contribution is -2.45.